The number of hydrogen-bond donors (Lipinski definition) is 1. The Balaban J connectivity index is 1.64. The molecule has 0 saturated carbocycles. The molecule has 3 heterocycles. The van der Waals surface area contributed by atoms with E-state index in [0.29, 0.717) is 5.69 Å². The molecule has 0 amide bonds. The molecular weight excluding hydrogens is 431 g/mol. The molecule has 0 spiro atoms. The van der Waals surface area contributed by atoms with Gasteiger partial charge in [-0.05, 0) is 40.2 Å². The summed E-state index contributed by atoms with van der Waals surface area (Å²) in [6.07, 6.45) is -1.45. The van der Waals surface area contributed by atoms with Crippen LogP contribution in [0.2, 0.25) is 0 Å². The molecule has 31 heavy (non-hydrogen) atoms. The molecule has 0 aliphatic carbocycles. The lowest BCUT2D eigenvalue weighted by molar-refractivity contribution is -0.152. The Morgan fingerprint density at radius 1 is 1.45 bits per heavy atom. The van der Waals surface area contributed by atoms with Crippen molar-refractivity contribution in [3.05, 3.63) is 28.4 Å². The van der Waals surface area contributed by atoms with Crippen LogP contribution in [0.3, 0.4) is 0 Å². The van der Waals surface area contributed by atoms with Crippen LogP contribution in [0, 0.1) is 12.8 Å². The highest BCUT2D eigenvalue weighted by molar-refractivity contribution is 7.48. The van der Waals surface area contributed by atoms with Crippen LogP contribution in [0.1, 0.15) is 46.0 Å². The Morgan fingerprint density at radius 2 is 2.16 bits per heavy atom. The molecule has 0 bridgehead atoms. The second kappa shape index (κ2) is 9.09. The first-order valence-electron chi connectivity index (χ1n) is 10.1. The lowest BCUT2D eigenvalue weighted by Gasteiger charge is -2.35. The van der Waals surface area contributed by atoms with E-state index in [1.54, 1.807) is 33.8 Å². The van der Waals surface area contributed by atoms with Crippen LogP contribution >= 0.6 is 7.82 Å². The van der Waals surface area contributed by atoms with Crippen molar-refractivity contribution in [2.75, 3.05) is 13.2 Å². The van der Waals surface area contributed by atoms with Crippen LogP contribution in [0.5, 0.6) is 0 Å². The van der Waals surface area contributed by atoms with Crippen molar-refractivity contribution in [2.45, 2.75) is 71.2 Å². The third-order valence-electron chi connectivity index (χ3n) is 5.13. The maximum atomic E-state index is 12.9. The highest BCUT2D eigenvalue weighted by Gasteiger charge is 2.60. The van der Waals surface area contributed by atoms with Gasteiger partial charge in [0.25, 0.3) is 0 Å². The minimum Gasteiger partial charge on any atom is -0.463 e. The Kier molecular flexibility index (Phi) is 7.05. The Bertz CT molecular complexity index is 916. The lowest BCUT2D eigenvalue weighted by atomic mass is 9.96. The minimum atomic E-state index is -4.01. The number of ether oxygens (including phenoxy) is 2. The summed E-state index contributed by atoms with van der Waals surface area (Å²) >= 11 is 0. The number of rotatable bonds is 7. The van der Waals surface area contributed by atoms with Crippen molar-refractivity contribution in [3.8, 4) is 0 Å². The van der Waals surface area contributed by atoms with E-state index >= 15 is 0 Å². The molecule has 11 nitrogen and oxygen atoms in total. The van der Waals surface area contributed by atoms with Crippen molar-refractivity contribution < 1.29 is 37.5 Å². The van der Waals surface area contributed by atoms with Crippen molar-refractivity contribution >= 4 is 13.8 Å². The molecule has 3 rings (SSSR count). The smallest absolute Gasteiger partial charge is 0.463 e. The number of phosphoric ester groups is 1. The first-order valence-corrected chi connectivity index (χ1v) is 11.6. The van der Waals surface area contributed by atoms with E-state index in [9.17, 15) is 19.3 Å². The van der Waals surface area contributed by atoms with Gasteiger partial charge in [0.2, 0.25) is 0 Å². The van der Waals surface area contributed by atoms with E-state index in [4.69, 9.17) is 23.0 Å². The first-order chi connectivity index (χ1) is 14.4. The first kappa shape index (κ1) is 24.0. The van der Waals surface area contributed by atoms with Crippen LogP contribution in [0.4, 0.5) is 0 Å². The van der Waals surface area contributed by atoms with Gasteiger partial charge in [-0.1, -0.05) is 6.92 Å². The predicted molar refractivity (Wildman–Crippen MR) is 107 cm³/mol. The van der Waals surface area contributed by atoms with Gasteiger partial charge < -0.3 is 14.6 Å². The highest BCUT2D eigenvalue weighted by atomic mass is 31.2. The topological polar surface area (TPSA) is 135 Å². The molecular formula is C19H29N2O9P. The number of carbonyl (C=O) groups excluding carboxylic acids is 1. The average Bonchev–Trinajstić information content (AvgIpc) is 2.91. The third kappa shape index (κ3) is 5.24. The minimum absolute atomic E-state index is 0.0726. The zero-order chi connectivity index (χ0) is 23.0. The summed E-state index contributed by atoms with van der Waals surface area (Å²) in [7, 11) is -4.01. The molecule has 174 valence electrons. The number of aliphatic hydroxyl groups is 1. The Hall–Kier alpha value is -1.62. The molecule has 1 N–H and O–H groups in total. The number of carbonyl (C=O) groups is 1. The largest absolute Gasteiger partial charge is 0.475 e. The van der Waals surface area contributed by atoms with Gasteiger partial charge in [-0.3, -0.25) is 22.9 Å². The van der Waals surface area contributed by atoms with Gasteiger partial charge in [0, 0.05) is 11.9 Å². The fraction of sp³-hybridized carbons (Fsp3) is 0.737. The second-order valence-electron chi connectivity index (χ2n) is 8.29. The van der Waals surface area contributed by atoms with Gasteiger partial charge in [0.15, 0.2) is 6.23 Å². The summed E-state index contributed by atoms with van der Waals surface area (Å²) in [5.74, 6) is -0.843. The molecule has 0 aromatic carbocycles. The average molecular weight is 460 g/mol. The summed E-state index contributed by atoms with van der Waals surface area (Å²) in [6.45, 7) is 8.05. The van der Waals surface area contributed by atoms with Gasteiger partial charge in [0.05, 0.1) is 25.2 Å². The summed E-state index contributed by atoms with van der Waals surface area (Å²) < 4.78 is 41.1. The standard InChI is InChI=1S/C19H29N2O9P/c1-11(2)28-16(22)12(3)7-9-26-31(25)27-10-14-15(30-31)19(5,24)17(29-14)21-8-6-13(4)20-18(21)23/h6,8,11-12,14-15,17,24H,7,9-10H2,1-5H3/t12?,14-,15-,17-,19-,31+/m1/s1. The van der Waals surface area contributed by atoms with Gasteiger partial charge >= 0.3 is 19.5 Å². The Morgan fingerprint density at radius 3 is 2.81 bits per heavy atom. The van der Waals surface area contributed by atoms with E-state index in [2.05, 4.69) is 4.98 Å². The fourth-order valence-electron chi connectivity index (χ4n) is 3.43. The van der Waals surface area contributed by atoms with Gasteiger partial charge in [-0.25, -0.2) is 9.36 Å². The maximum absolute atomic E-state index is 12.9. The SMILES string of the molecule is Cc1ccn([C@@H]2O[C@@H]3CO[P@](=O)(OCCC(C)C(=O)OC(C)C)O[C@H]3[C@@]2(C)O)c(=O)n1. The van der Waals surface area contributed by atoms with Crippen molar-refractivity contribution in [1.82, 2.24) is 9.55 Å². The molecule has 2 aliphatic rings. The van der Waals surface area contributed by atoms with E-state index in [1.807, 2.05) is 0 Å². The second-order valence-corrected chi connectivity index (χ2v) is 9.91. The molecule has 12 heteroatoms. The van der Waals surface area contributed by atoms with Crippen molar-refractivity contribution in [1.29, 1.82) is 0 Å². The van der Waals surface area contributed by atoms with Gasteiger partial charge in [-0.2, -0.15) is 4.98 Å². The number of aryl methyl sites for hydroxylation is 1. The molecule has 1 unspecified atom stereocenters. The number of aromatic nitrogens is 2. The third-order valence-corrected chi connectivity index (χ3v) is 6.58. The number of phosphoric acid groups is 1. The molecule has 1 aromatic heterocycles. The summed E-state index contributed by atoms with van der Waals surface area (Å²) in [5.41, 5.74) is -1.77. The fourth-order valence-corrected chi connectivity index (χ4v) is 4.91. The Labute approximate surface area is 180 Å². The normalized spacial score (nSPS) is 33.8. The van der Waals surface area contributed by atoms with Crippen LogP contribution < -0.4 is 5.69 Å². The monoisotopic (exact) mass is 460 g/mol. The van der Waals surface area contributed by atoms with E-state index in [0.717, 1.165) is 4.57 Å². The molecule has 0 radical (unpaired) electrons. The molecule has 2 saturated heterocycles. The van der Waals surface area contributed by atoms with E-state index in [-0.39, 0.29) is 31.7 Å². The van der Waals surface area contributed by atoms with Crippen LogP contribution in [0.15, 0.2) is 17.1 Å². The summed E-state index contributed by atoms with van der Waals surface area (Å²) in [6, 6.07) is 1.61. The predicted octanol–water partition coefficient (Wildman–Crippen LogP) is 1.72. The van der Waals surface area contributed by atoms with E-state index < -0.39 is 43.5 Å². The van der Waals surface area contributed by atoms with Crippen molar-refractivity contribution in [3.63, 3.8) is 0 Å². The summed E-state index contributed by atoms with van der Waals surface area (Å²) in [5, 5.41) is 11.1. The summed E-state index contributed by atoms with van der Waals surface area (Å²) in [4.78, 5) is 28.0. The molecule has 1 aromatic rings. The number of hydrogen-bond acceptors (Lipinski definition) is 10. The number of fused-ring (bicyclic) bond motifs is 1. The zero-order valence-corrected chi connectivity index (χ0v) is 19.1. The molecule has 2 fully saturated rings. The van der Waals surface area contributed by atoms with E-state index in [1.165, 1.54) is 13.1 Å². The quantitative estimate of drug-likeness (QED) is 0.473. The highest BCUT2D eigenvalue weighted by Crippen LogP contribution is 2.58. The number of nitrogens with zero attached hydrogens (tertiary/aromatic N) is 2. The zero-order valence-electron chi connectivity index (χ0n) is 18.2. The number of esters is 1. The maximum Gasteiger partial charge on any atom is 0.475 e. The van der Waals surface area contributed by atoms with Crippen molar-refractivity contribution in [2.24, 2.45) is 5.92 Å². The van der Waals surface area contributed by atoms with Crippen LogP contribution in [-0.4, -0.2) is 57.8 Å². The van der Waals surface area contributed by atoms with Gasteiger partial charge in [0.1, 0.15) is 17.8 Å². The van der Waals surface area contributed by atoms with Gasteiger partial charge in [-0.15, -0.1) is 0 Å². The van der Waals surface area contributed by atoms with Crippen LogP contribution in [-0.2, 0) is 32.4 Å². The molecule has 2 aliphatic heterocycles. The van der Waals surface area contributed by atoms with Crippen LogP contribution in [0.25, 0.3) is 0 Å². The lowest BCUT2D eigenvalue weighted by Crippen LogP contribution is -2.49. The molecule has 6 atom stereocenters.